The van der Waals surface area contributed by atoms with Gasteiger partial charge in [-0.25, -0.2) is 4.39 Å². The first-order valence-electron chi connectivity index (χ1n) is 17.2. The van der Waals surface area contributed by atoms with Crippen molar-refractivity contribution in [1.82, 2.24) is 15.4 Å². The lowest BCUT2D eigenvalue weighted by atomic mass is 10.1. The van der Waals surface area contributed by atoms with Crippen LogP contribution in [0, 0.1) is 0 Å². The summed E-state index contributed by atoms with van der Waals surface area (Å²) in [4.78, 5) is 10.5. The second-order valence-electron chi connectivity index (χ2n) is 12.2. The Bertz CT molecular complexity index is 962. The van der Waals surface area contributed by atoms with E-state index in [9.17, 15) is 23.1 Å². The Labute approximate surface area is 264 Å². The minimum atomic E-state index is -4.39. The minimum absolute atomic E-state index is 0.0567. The Morgan fingerprint density at radius 3 is 1.61 bits per heavy atom. The molecule has 1 atom stereocenters. The van der Waals surface area contributed by atoms with E-state index in [0.717, 1.165) is 76.3 Å². The molecule has 0 aliphatic heterocycles. The van der Waals surface area contributed by atoms with Crippen LogP contribution < -0.4 is 5.11 Å². The molecule has 44 heavy (non-hydrogen) atoms. The lowest BCUT2D eigenvalue weighted by Crippen LogP contribution is -2.25. The van der Waals surface area contributed by atoms with Gasteiger partial charge >= 0.3 is 6.18 Å². The largest absolute Gasteiger partial charge is 0.545 e. The van der Waals surface area contributed by atoms with Crippen LogP contribution in [0.25, 0.3) is 11.0 Å². The molecule has 1 N–H and O–H groups in total. The first-order chi connectivity index (χ1) is 21.1. The van der Waals surface area contributed by atoms with Crippen LogP contribution >= 0.6 is 7.26 Å². The fourth-order valence-electron chi connectivity index (χ4n) is 5.80. The second kappa shape index (κ2) is 23.6. The third kappa shape index (κ3) is 17.1. The van der Waals surface area contributed by atoms with Crippen molar-refractivity contribution in [1.29, 1.82) is 0 Å². The average Bonchev–Trinajstić information content (AvgIpc) is 3.46. The van der Waals surface area contributed by atoms with E-state index in [1.165, 1.54) is 63.9 Å². The Hall–Kier alpha value is -1.76. The summed E-state index contributed by atoms with van der Waals surface area (Å²) in [5.74, 6) is -2.89. The third-order valence-corrected chi connectivity index (χ3v) is 13.4. The summed E-state index contributed by atoms with van der Waals surface area (Å²) >= 11 is 0. The van der Waals surface area contributed by atoms with E-state index in [1.807, 2.05) is 0 Å². The van der Waals surface area contributed by atoms with Gasteiger partial charge in [0.2, 0.25) is 5.91 Å². The molecule has 0 saturated carbocycles. The van der Waals surface area contributed by atoms with Crippen molar-refractivity contribution < 1.29 is 27.5 Å². The average molecular weight is 648 g/mol. The molecular weight excluding hydrogens is 589 g/mol. The molecule has 0 fully saturated rings. The number of aromatic carboxylic acids is 1. The van der Waals surface area contributed by atoms with Crippen molar-refractivity contribution in [3.05, 3.63) is 23.8 Å². The summed E-state index contributed by atoms with van der Waals surface area (Å²) < 4.78 is 55.0. The van der Waals surface area contributed by atoms with Gasteiger partial charge in [0.15, 0.2) is 0 Å². The summed E-state index contributed by atoms with van der Waals surface area (Å²) in [7, 11) is -2.24. The van der Waals surface area contributed by atoms with Gasteiger partial charge in [0, 0.05) is 12.8 Å². The van der Waals surface area contributed by atoms with Crippen molar-refractivity contribution in [2.75, 3.05) is 18.5 Å². The van der Waals surface area contributed by atoms with Crippen LogP contribution in [0.4, 0.5) is 17.6 Å². The number of fused-ring (bicyclic) bond motifs is 1. The molecule has 1 aromatic heterocycles. The highest BCUT2D eigenvalue weighted by atomic mass is 31.2. The van der Waals surface area contributed by atoms with E-state index in [-0.39, 0.29) is 5.56 Å². The number of H-pyrrole nitrogens is 1. The highest BCUT2D eigenvalue weighted by molar-refractivity contribution is 7.76. The third-order valence-electron chi connectivity index (χ3n) is 8.44. The molecular formula is C34H58F4N3O2P. The number of carbonyl (C=O) groups is 1. The van der Waals surface area contributed by atoms with Crippen molar-refractivity contribution >= 4 is 24.3 Å². The van der Waals surface area contributed by atoms with Crippen LogP contribution in [0.2, 0.25) is 0 Å². The van der Waals surface area contributed by atoms with Crippen molar-refractivity contribution in [3.63, 3.8) is 0 Å². The maximum atomic E-state index is 15.4. The lowest BCUT2D eigenvalue weighted by Gasteiger charge is -2.31. The zero-order valence-corrected chi connectivity index (χ0v) is 28.4. The molecule has 254 valence electrons. The number of aromatic nitrogens is 3. The number of alkyl halides is 4. The quantitative estimate of drug-likeness (QED) is 0.0698. The monoisotopic (exact) mass is 647 g/mol. The SMILES string of the molecule is CCCCCCCC[P+](CCCCCCCC)(CCCCCCCC)C(F)CC(F)(F)F.O=C([O-])c1cccc2[nH]nnc12. The van der Waals surface area contributed by atoms with Gasteiger partial charge in [0.25, 0.3) is 0 Å². The summed E-state index contributed by atoms with van der Waals surface area (Å²) in [6.07, 6.45) is 16.7. The molecule has 1 unspecified atom stereocenters. The van der Waals surface area contributed by atoms with Crippen molar-refractivity contribution in [3.8, 4) is 0 Å². The minimum Gasteiger partial charge on any atom is -0.545 e. The molecule has 0 spiro atoms. The summed E-state index contributed by atoms with van der Waals surface area (Å²) in [6.45, 7) is 6.55. The Balaban J connectivity index is 0.000000658. The number of nitrogens with one attached hydrogen (secondary N) is 1. The van der Waals surface area contributed by atoms with E-state index in [1.54, 1.807) is 12.1 Å². The predicted octanol–water partition coefficient (Wildman–Crippen LogP) is 10.7. The predicted molar refractivity (Wildman–Crippen MR) is 175 cm³/mol. The van der Waals surface area contributed by atoms with Crippen LogP contribution in [0.15, 0.2) is 18.2 Å². The molecule has 0 saturated heterocycles. The van der Waals surface area contributed by atoms with E-state index in [4.69, 9.17) is 0 Å². The Morgan fingerprint density at radius 2 is 1.20 bits per heavy atom. The normalized spacial score (nSPS) is 12.7. The van der Waals surface area contributed by atoms with E-state index in [2.05, 4.69) is 36.2 Å². The van der Waals surface area contributed by atoms with E-state index >= 15 is 4.39 Å². The van der Waals surface area contributed by atoms with Crippen LogP contribution in [0.1, 0.15) is 153 Å². The number of aromatic amines is 1. The number of unbranched alkanes of at least 4 members (excludes halogenated alkanes) is 15. The fraction of sp³-hybridized carbons (Fsp3) is 0.794. The number of carboxylic acids is 1. The number of rotatable bonds is 24. The number of nitrogens with zero attached hydrogens (tertiary/aromatic N) is 2. The van der Waals surface area contributed by atoms with Gasteiger partial charge in [-0.3, -0.25) is 5.10 Å². The molecule has 2 rings (SSSR count). The number of carboxylic acid groups (broad SMARTS) is 1. The highest BCUT2D eigenvalue weighted by Gasteiger charge is 2.49. The first kappa shape index (κ1) is 40.3. The maximum Gasteiger partial charge on any atom is 0.395 e. The Morgan fingerprint density at radius 1 is 0.773 bits per heavy atom. The molecule has 0 aliphatic rings. The summed E-state index contributed by atoms with van der Waals surface area (Å²) in [5, 5.41) is 20.2. The second-order valence-corrected chi connectivity index (χ2v) is 16.6. The van der Waals surface area contributed by atoms with Crippen molar-refractivity contribution in [2.45, 2.75) is 155 Å². The van der Waals surface area contributed by atoms with Gasteiger partial charge in [-0.1, -0.05) is 115 Å². The van der Waals surface area contributed by atoms with Crippen molar-refractivity contribution in [2.24, 2.45) is 0 Å². The van der Waals surface area contributed by atoms with Gasteiger partial charge in [-0.15, -0.1) is 5.10 Å². The van der Waals surface area contributed by atoms with Gasteiger partial charge in [-0.2, -0.15) is 13.2 Å². The number of hydrogen-bond donors (Lipinski definition) is 1. The zero-order valence-electron chi connectivity index (χ0n) is 27.5. The number of carbonyl (C=O) groups excluding carboxylic acids is 1. The lowest BCUT2D eigenvalue weighted by molar-refractivity contribution is -0.254. The van der Waals surface area contributed by atoms with Crippen LogP contribution in [-0.2, 0) is 0 Å². The van der Waals surface area contributed by atoms with Gasteiger partial charge in [0.05, 0.1) is 30.0 Å². The van der Waals surface area contributed by atoms with Crippen LogP contribution in [-0.4, -0.2) is 52.0 Å². The Kier molecular flexibility index (Phi) is 21.6. The van der Waals surface area contributed by atoms with E-state index < -0.39 is 31.7 Å². The molecule has 5 nitrogen and oxygen atoms in total. The van der Waals surface area contributed by atoms with Crippen LogP contribution in [0.5, 0.6) is 0 Å². The highest BCUT2D eigenvalue weighted by Crippen LogP contribution is 2.67. The molecule has 0 radical (unpaired) electrons. The van der Waals surface area contributed by atoms with Gasteiger partial charge in [-0.05, 0) is 44.6 Å². The molecule has 0 aliphatic carbocycles. The molecule has 10 heteroatoms. The fourth-order valence-corrected chi connectivity index (χ4v) is 10.5. The summed E-state index contributed by atoms with van der Waals surface area (Å²) in [6, 6.07) is 4.73. The number of benzene rings is 1. The standard InChI is InChI=1S/C27H54F4P.C7H5N3O2/c1-4-7-10-13-16-19-22-32(26(28)25-27(29,30)31,23-20-17-14-11-8-5-2)24-21-18-15-12-9-6-3;11-7(12)4-2-1-3-5-6(4)9-10-8-5/h26H,4-25H2,1-3H3;1-3H,(H,11,12)(H,8,9,10)/q+1;/p-1. The maximum absolute atomic E-state index is 15.4. The molecule has 1 heterocycles. The zero-order chi connectivity index (χ0) is 32.7. The molecule has 0 bridgehead atoms. The topological polar surface area (TPSA) is 81.7 Å². The van der Waals surface area contributed by atoms with Crippen LogP contribution in [0.3, 0.4) is 0 Å². The smallest absolute Gasteiger partial charge is 0.395 e. The van der Waals surface area contributed by atoms with Gasteiger partial charge in [0.1, 0.15) is 11.9 Å². The number of halogens is 4. The first-order valence-corrected chi connectivity index (χ1v) is 19.6. The van der Waals surface area contributed by atoms with Gasteiger partial charge < -0.3 is 9.90 Å². The number of hydrogen-bond acceptors (Lipinski definition) is 4. The molecule has 0 amide bonds. The van der Waals surface area contributed by atoms with E-state index in [0.29, 0.717) is 11.0 Å². The molecule has 1 aromatic carbocycles. The molecule has 2 aromatic rings. The summed E-state index contributed by atoms with van der Waals surface area (Å²) in [5.41, 5.74) is 0.982.